The highest BCUT2D eigenvalue weighted by Gasteiger charge is 2.42. The molecule has 1 N–H and O–H groups in total. The molecule has 1 aromatic carbocycles. The molecule has 4 heteroatoms. The molecule has 0 aliphatic heterocycles. The molecule has 1 aliphatic carbocycles. The van der Waals surface area contributed by atoms with Crippen molar-refractivity contribution in [3.8, 4) is 5.75 Å². The van der Waals surface area contributed by atoms with Gasteiger partial charge in [-0.1, -0.05) is 28.9 Å². The molecule has 100 valence electrons. The molecule has 0 aromatic heterocycles. The van der Waals surface area contributed by atoms with Crippen LogP contribution in [0, 0.1) is 6.92 Å². The van der Waals surface area contributed by atoms with Crippen molar-refractivity contribution in [3.05, 3.63) is 28.2 Å². The SMILES string of the molecule is CCNC1CC(Oc2cc(Br)ccc2C)C1OC. The molecule has 3 nitrogen and oxygen atoms in total. The lowest BCUT2D eigenvalue weighted by atomic mass is 9.85. The Labute approximate surface area is 117 Å². The van der Waals surface area contributed by atoms with E-state index in [9.17, 15) is 0 Å². The summed E-state index contributed by atoms with van der Waals surface area (Å²) in [6, 6.07) is 6.51. The van der Waals surface area contributed by atoms with Crippen molar-refractivity contribution in [1.82, 2.24) is 5.32 Å². The van der Waals surface area contributed by atoms with Crippen LogP contribution in [-0.2, 0) is 4.74 Å². The number of ether oxygens (including phenoxy) is 2. The van der Waals surface area contributed by atoms with Gasteiger partial charge in [0.15, 0.2) is 0 Å². The number of hydrogen-bond donors (Lipinski definition) is 1. The summed E-state index contributed by atoms with van der Waals surface area (Å²) in [6.45, 7) is 5.14. The van der Waals surface area contributed by atoms with Crippen LogP contribution in [0.15, 0.2) is 22.7 Å². The molecule has 18 heavy (non-hydrogen) atoms. The van der Waals surface area contributed by atoms with Crippen LogP contribution in [0.3, 0.4) is 0 Å². The molecular formula is C14H20BrNO2. The van der Waals surface area contributed by atoms with Gasteiger partial charge in [0.05, 0.1) is 0 Å². The molecule has 2 rings (SSSR count). The molecule has 3 unspecified atom stereocenters. The minimum absolute atomic E-state index is 0.142. The molecule has 1 fully saturated rings. The summed E-state index contributed by atoms with van der Waals surface area (Å²) in [5.41, 5.74) is 1.15. The molecule has 1 aliphatic rings. The molecule has 0 spiro atoms. The monoisotopic (exact) mass is 313 g/mol. The minimum atomic E-state index is 0.142. The van der Waals surface area contributed by atoms with E-state index >= 15 is 0 Å². The van der Waals surface area contributed by atoms with E-state index in [2.05, 4.69) is 41.2 Å². The van der Waals surface area contributed by atoms with Gasteiger partial charge in [-0.05, 0) is 31.2 Å². The predicted molar refractivity (Wildman–Crippen MR) is 76.2 cm³/mol. The maximum atomic E-state index is 6.05. The Kier molecular flexibility index (Phi) is 4.65. The van der Waals surface area contributed by atoms with Crippen LogP contribution in [0.4, 0.5) is 0 Å². The molecule has 0 bridgehead atoms. The molecule has 1 saturated carbocycles. The zero-order chi connectivity index (χ0) is 13.1. The van der Waals surface area contributed by atoms with Crippen molar-refractivity contribution < 1.29 is 9.47 Å². The van der Waals surface area contributed by atoms with Crippen molar-refractivity contribution in [3.63, 3.8) is 0 Å². The van der Waals surface area contributed by atoms with E-state index in [4.69, 9.17) is 9.47 Å². The third-order valence-corrected chi connectivity index (χ3v) is 3.91. The second-order valence-corrected chi connectivity index (χ2v) is 5.58. The van der Waals surface area contributed by atoms with E-state index in [1.165, 1.54) is 0 Å². The standard InChI is InChI=1S/C14H20BrNO2/c1-4-16-11-8-13(14(11)17-3)18-12-7-10(15)6-5-9(12)2/h5-7,11,13-14,16H,4,8H2,1-3H3. The van der Waals surface area contributed by atoms with Crippen LogP contribution >= 0.6 is 15.9 Å². The van der Waals surface area contributed by atoms with E-state index in [0.717, 1.165) is 28.8 Å². The highest BCUT2D eigenvalue weighted by Crippen LogP contribution is 2.31. The van der Waals surface area contributed by atoms with Crippen LogP contribution in [0.1, 0.15) is 18.9 Å². The summed E-state index contributed by atoms with van der Waals surface area (Å²) in [5.74, 6) is 0.936. The number of benzene rings is 1. The number of hydrogen-bond acceptors (Lipinski definition) is 3. The molecule has 0 amide bonds. The summed E-state index contributed by atoms with van der Waals surface area (Å²) in [4.78, 5) is 0. The maximum Gasteiger partial charge on any atom is 0.128 e. The first-order valence-electron chi connectivity index (χ1n) is 6.34. The first-order valence-corrected chi connectivity index (χ1v) is 7.14. The van der Waals surface area contributed by atoms with Crippen molar-refractivity contribution >= 4 is 15.9 Å². The van der Waals surface area contributed by atoms with E-state index in [1.54, 1.807) is 7.11 Å². The van der Waals surface area contributed by atoms with Gasteiger partial charge in [-0.25, -0.2) is 0 Å². The molecule has 3 atom stereocenters. The first kappa shape index (κ1) is 13.8. The highest BCUT2D eigenvalue weighted by atomic mass is 79.9. The lowest BCUT2D eigenvalue weighted by Crippen LogP contribution is -2.60. The van der Waals surface area contributed by atoms with Crippen LogP contribution in [0.2, 0.25) is 0 Å². The first-order chi connectivity index (χ1) is 8.65. The Bertz CT molecular complexity index is 411. The third kappa shape index (κ3) is 2.87. The van der Waals surface area contributed by atoms with Gasteiger partial charge in [0, 0.05) is 24.0 Å². The minimum Gasteiger partial charge on any atom is -0.487 e. The Hall–Kier alpha value is -0.580. The quantitative estimate of drug-likeness (QED) is 0.906. The van der Waals surface area contributed by atoms with Gasteiger partial charge >= 0.3 is 0 Å². The van der Waals surface area contributed by atoms with Gasteiger partial charge in [-0.3, -0.25) is 0 Å². The van der Waals surface area contributed by atoms with Crippen molar-refractivity contribution in [2.24, 2.45) is 0 Å². The van der Waals surface area contributed by atoms with E-state index in [0.29, 0.717) is 6.04 Å². The van der Waals surface area contributed by atoms with Gasteiger partial charge in [0.25, 0.3) is 0 Å². The van der Waals surface area contributed by atoms with Crippen LogP contribution in [0.5, 0.6) is 5.75 Å². The average molecular weight is 314 g/mol. The van der Waals surface area contributed by atoms with Crippen LogP contribution in [0.25, 0.3) is 0 Å². The van der Waals surface area contributed by atoms with E-state index in [1.807, 2.05) is 12.1 Å². The lowest BCUT2D eigenvalue weighted by molar-refractivity contribution is -0.0886. The Morgan fingerprint density at radius 3 is 2.89 bits per heavy atom. The van der Waals surface area contributed by atoms with E-state index < -0.39 is 0 Å². The van der Waals surface area contributed by atoms with Gasteiger partial charge in [0.1, 0.15) is 18.0 Å². The largest absolute Gasteiger partial charge is 0.487 e. The van der Waals surface area contributed by atoms with E-state index in [-0.39, 0.29) is 12.2 Å². The van der Waals surface area contributed by atoms with Gasteiger partial charge in [-0.15, -0.1) is 0 Å². The molecule has 1 aromatic rings. The van der Waals surface area contributed by atoms with Gasteiger partial charge in [-0.2, -0.15) is 0 Å². The summed E-state index contributed by atoms with van der Waals surface area (Å²) in [7, 11) is 1.75. The fourth-order valence-corrected chi connectivity index (χ4v) is 2.68. The van der Waals surface area contributed by atoms with Crippen LogP contribution in [-0.4, -0.2) is 31.9 Å². The van der Waals surface area contributed by atoms with Crippen molar-refractivity contribution in [1.29, 1.82) is 0 Å². The Morgan fingerprint density at radius 1 is 1.44 bits per heavy atom. The number of likely N-dealkylation sites (N-methyl/N-ethyl adjacent to an activating group) is 1. The fraction of sp³-hybridized carbons (Fsp3) is 0.571. The smallest absolute Gasteiger partial charge is 0.128 e. The zero-order valence-electron chi connectivity index (χ0n) is 11.1. The second kappa shape index (κ2) is 6.04. The molecule has 0 heterocycles. The number of nitrogens with one attached hydrogen (secondary N) is 1. The summed E-state index contributed by atoms with van der Waals surface area (Å²) >= 11 is 3.47. The van der Waals surface area contributed by atoms with Crippen molar-refractivity contribution in [2.45, 2.75) is 38.5 Å². The van der Waals surface area contributed by atoms with Crippen molar-refractivity contribution in [2.75, 3.05) is 13.7 Å². The number of aryl methyl sites for hydroxylation is 1. The summed E-state index contributed by atoms with van der Waals surface area (Å²) in [5, 5.41) is 3.41. The second-order valence-electron chi connectivity index (χ2n) is 4.67. The number of rotatable bonds is 5. The fourth-order valence-electron chi connectivity index (χ4n) is 2.34. The number of halogens is 1. The summed E-state index contributed by atoms with van der Waals surface area (Å²) in [6.07, 6.45) is 1.29. The molecule has 0 saturated heterocycles. The van der Waals surface area contributed by atoms with Gasteiger partial charge in [0.2, 0.25) is 0 Å². The Balaban J connectivity index is 2.00. The number of methoxy groups -OCH3 is 1. The Morgan fingerprint density at radius 2 is 2.22 bits per heavy atom. The summed E-state index contributed by atoms with van der Waals surface area (Å²) < 4.78 is 12.6. The third-order valence-electron chi connectivity index (χ3n) is 3.42. The molecular weight excluding hydrogens is 294 g/mol. The predicted octanol–water partition coefficient (Wildman–Crippen LogP) is 2.90. The topological polar surface area (TPSA) is 30.5 Å². The lowest BCUT2D eigenvalue weighted by Gasteiger charge is -2.43. The van der Waals surface area contributed by atoms with Crippen LogP contribution < -0.4 is 10.1 Å². The molecule has 0 radical (unpaired) electrons. The average Bonchev–Trinajstić information content (AvgIpc) is 2.32. The maximum absolute atomic E-state index is 6.05. The highest BCUT2D eigenvalue weighted by molar-refractivity contribution is 9.10. The zero-order valence-corrected chi connectivity index (χ0v) is 12.7. The van der Waals surface area contributed by atoms with Gasteiger partial charge < -0.3 is 14.8 Å². The normalized spacial score (nSPS) is 26.8.